The first-order chi connectivity index (χ1) is 14.3. The van der Waals surface area contributed by atoms with Gasteiger partial charge in [-0.05, 0) is 37.0 Å². The lowest BCUT2D eigenvalue weighted by atomic mass is 10.2. The maximum atomic E-state index is 13.0. The third kappa shape index (κ3) is 3.03. The Hall–Kier alpha value is -3.66. The van der Waals surface area contributed by atoms with Crippen molar-refractivity contribution in [3.8, 4) is 12.0 Å². The quantitative estimate of drug-likeness (QED) is 0.516. The molecule has 144 valence electrons. The van der Waals surface area contributed by atoms with Crippen LogP contribution in [0.5, 0.6) is 0 Å². The summed E-state index contributed by atoms with van der Waals surface area (Å²) in [5.41, 5.74) is 3.59. The molecule has 1 aromatic carbocycles. The molecular formula is C22H20N6O. The molecule has 0 unspecified atom stereocenters. The molecule has 3 aromatic heterocycles. The first-order valence-electron chi connectivity index (χ1n) is 9.83. The Kier molecular flexibility index (Phi) is 4.24. The SMILES string of the molecule is N#CCCNC(=O)c1cc2c(c3ccccc3n2CC2CC2)n1-c1ncccn1. The Bertz CT molecular complexity index is 1240. The predicted molar refractivity (Wildman–Crippen MR) is 110 cm³/mol. The zero-order chi connectivity index (χ0) is 19.8. The zero-order valence-electron chi connectivity index (χ0n) is 15.9. The molecule has 1 amide bonds. The Morgan fingerprint density at radius 1 is 1.17 bits per heavy atom. The number of carbonyl (C=O) groups excluding carboxylic acids is 1. The van der Waals surface area contributed by atoms with Crippen LogP contribution in [0.1, 0.15) is 29.8 Å². The number of carbonyl (C=O) groups is 1. The van der Waals surface area contributed by atoms with Crippen LogP contribution in [0, 0.1) is 17.2 Å². The van der Waals surface area contributed by atoms with E-state index in [1.54, 1.807) is 18.5 Å². The second-order valence-corrected chi connectivity index (χ2v) is 7.38. The van der Waals surface area contributed by atoms with Crippen LogP contribution in [0.25, 0.3) is 27.9 Å². The van der Waals surface area contributed by atoms with E-state index in [4.69, 9.17) is 5.26 Å². The van der Waals surface area contributed by atoms with Crippen LogP contribution in [0.4, 0.5) is 0 Å². The van der Waals surface area contributed by atoms with Gasteiger partial charge in [-0.1, -0.05) is 18.2 Å². The predicted octanol–water partition coefficient (Wildman–Crippen LogP) is 3.43. The molecule has 1 N–H and O–H groups in total. The van der Waals surface area contributed by atoms with Crippen molar-refractivity contribution in [1.82, 2.24) is 24.4 Å². The zero-order valence-corrected chi connectivity index (χ0v) is 15.9. The lowest BCUT2D eigenvalue weighted by Crippen LogP contribution is -2.26. The van der Waals surface area contributed by atoms with Gasteiger partial charge in [-0.2, -0.15) is 5.26 Å². The van der Waals surface area contributed by atoms with Crippen molar-refractivity contribution in [2.45, 2.75) is 25.8 Å². The van der Waals surface area contributed by atoms with E-state index in [0.29, 0.717) is 24.1 Å². The van der Waals surface area contributed by atoms with E-state index in [9.17, 15) is 4.79 Å². The van der Waals surface area contributed by atoms with Crippen LogP contribution in [-0.4, -0.2) is 31.6 Å². The number of hydrogen-bond donors (Lipinski definition) is 1. The molecule has 1 fully saturated rings. The van der Waals surface area contributed by atoms with Crippen molar-refractivity contribution in [1.29, 1.82) is 5.26 Å². The van der Waals surface area contributed by atoms with E-state index < -0.39 is 0 Å². The summed E-state index contributed by atoms with van der Waals surface area (Å²) in [5.74, 6) is 0.923. The molecule has 0 spiro atoms. The normalized spacial score (nSPS) is 13.6. The fourth-order valence-corrected chi connectivity index (χ4v) is 3.86. The summed E-state index contributed by atoms with van der Waals surface area (Å²) in [5, 5.41) is 12.7. The highest BCUT2D eigenvalue weighted by Gasteiger charge is 2.27. The van der Waals surface area contributed by atoms with Crippen molar-refractivity contribution in [3.63, 3.8) is 0 Å². The summed E-state index contributed by atoms with van der Waals surface area (Å²) in [6.07, 6.45) is 6.12. The molecule has 0 aliphatic heterocycles. The molecule has 0 atom stereocenters. The molecule has 7 heteroatoms. The number of benzene rings is 1. The molecule has 5 rings (SSSR count). The molecule has 4 aromatic rings. The third-order valence-corrected chi connectivity index (χ3v) is 5.37. The Morgan fingerprint density at radius 2 is 1.97 bits per heavy atom. The summed E-state index contributed by atoms with van der Waals surface area (Å²) in [6.45, 7) is 1.25. The Labute approximate surface area is 167 Å². The molecule has 29 heavy (non-hydrogen) atoms. The molecule has 7 nitrogen and oxygen atoms in total. The fraction of sp³-hybridized carbons (Fsp3) is 0.273. The topological polar surface area (TPSA) is 88.5 Å². The van der Waals surface area contributed by atoms with Crippen molar-refractivity contribution in [2.24, 2.45) is 5.92 Å². The molecule has 3 heterocycles. The highest BCUT2D eigenvalue weighted by atomic mass is 16.1. The number of nitrogens with one attached hydrogen (secondary N) is 1. The average molecular weight is 384 g/mol. The van der Waals surface area contributed by atoms with Gasteiger partial charge < -0.3 is 9.88 Å². The van der Waals surface area contributed by atoms with E-state index >= 15 is 0 Å². The van der Waals surface area contributed by atoms with Crippen LogP contribution >= 0.6 is 0 Å². The Balaban J connectivity index is 1.76. The number of nitrogens with zero attached hydrogens (tertiary/aromatic N) is 5. The van der Waals surface area contributed by atoms with Crippen LogP contribution in [0.2, 0.25) is 0 Å². The second-order valence-electron chi connectivity index (χ2n) is 7.38. The van der Waals surface area contributed by atoms with E-state index in [2.05, 4.69) is 38.1 Å². The maximum Gasteiger partial charge on any atom is 0.268 e. The number of aromatic nitrogens is 4. The third-order valence-electron chi connectivity index (χ3n) is 5.37. The van der Waals surface area contributed by atoms with E-state index in [1.165, 1.54) is 12.8 Å². The summed E-state index contributed by atoms with van der Waals surface area (Å²) in [4.78, 5) is 21.8. The molecular weight excluding hydrogens is 364 g/mol. The van der Waals surface area contributed by atoms with Gasteiger partial charge in [-0.3, -0.25) is 9.36 Å². The van der Waals surface area contributed by atoms with Crippen LogP contribution in [0.3, 0.4) is 0 Å². The number of rotatable bonds is 6. The van der Waals surface area contributed by atoms with Crippen LogP contribution in [-0.2, 0) is 6.54 Å². The summed E-state index contributed by atoms with van der Waals surface area (Å²) < 4.78 is 4.15. The molecule has 1 aliphatic rings. The van der Waals surface area contributed by atoms with Gasteiger partial charge in [0.2, 0.25) is 5.95 Å². The van der Waals surface area contributed by atoms with Gasteiger partial charge in [0.1, 0.15) is 5.69 Å². The van der Waals surface area contributed by atoms with Gasteiger partial charge in [0.15, 0.2) is 0 Å². The highest BCUT2D eigenvalue weighted by molar-refractivity contribution is 6.10. The van der Waals surface area contributed by atoms with Crippen molar-refractivity contribution in [3.05, 3.63) is 54.5 Å². The minimum absolute atomic E-state index is 0.231. The Morgan fingerprint density at radius 3 is 2.72 bits per heavy atom. The molecule has 1 aliphatic carbocycles. The number of amides is 1. The molecule has 0 bridgehead atoms. The van der Waals surface area contributed by atoms with Gasteiger partial charge >= 0.3 is 0 Å². The monoisotopic (exact) mass is 384 g/mol. The lowest BCUT2D eigenvalue weighted by Gasteiger charge is -2.09. The van der Waals surface area contributed by atoms with E-state index in [1.807, 2.05) is 22.8 Å². The maximum absolute atomic E-state index is 13.0. The highest BCUT2D eigenvalue weighted by Crippen LogP contribution is 2.37. The number of fused-ring (bicyclic) bond motifs is 3. The number of hydrogen-bond acceptors (Lipinski definition) is 4. The molecule has 0 saturated heterocycles. The minimum Gasteiger partial charge on any atom is -0.350 e. The molecule has 1 saturated carbocycles. The fourth-order valence-electron chi connectivity index (χ4n) is 3.86. The van der Waals surface area contributed by atoms with Crippen molar-refractivity contribution < 1.29 is 4.79 Å². The van der Waals surface area contributed by atoms with E-state index in [0.717, 1.165) is 28.5 Å². The minimum atomic E-state index is -0.231. The van der Waals surface area contributed by atoms with E-state index in [-0.39, 0.29) is 12.3 Å². The van der Waals surface area contributed by atoms with Gasteiger partial charge in [0, 0.05) is 30.9 Å². The summed E-state index contributed by atoms with van der Waals surface area (Å²) >= 11 is 0. The largest absolute Gasteiger partial charge is 0.350 e. The first kappa shape index (κ1) is 17.4. The van der Waals surface area contributed by atoms with Gasteiger partial charge in [0.05, 0.1) is 29.0 Å². The average Bonchev–Trinajstić information content (AvgIpc) is 3.42. The second kappa shape index (κ2) is 7.06. The van der Waals surface area contributed by atoms with Gasteiger partial charge in [-0.25, -0.2) is 9.97 Å². The smallest absolute Gasteiger partial charge is 0.268 e. The molecule has 0 radical (unpaired) electrons. The number of para-hydroxylation sites is 1. The van der Waals surface area contributed by atoms with Gasteiger partial charge in [0.25, 0.3) is 5.91 Å². The van der Waals surface area contributed by atoms with Crippen LogP contribution < -0.4 is 5.32 Å². The summed E-state index contributed by atoms with van der Waals surface area (Å²) in [7, 11) is 0. The summed E-state index contributed by atoms with van der Waals surface area (Å²) in [6, 6.07) is 14.0. The lowest BCUT2D eigenvalue weighted by molar-refractivity contribution is 0.0948. The standard InChI is InChI=1S/C22H20N6O/c23-9-3-10-24-21(29)19-13-18-20(28(19)22-25-11-4-12-26-22)16-5-1-2-6-17(16)27(18)14-15-7-8-15/h1-2,4-6,11-13,15H,3,7-8,10,14H2,(H,24,29). The van der Waals surface area contributed by atoms with Crippen molar-refractivity contribution in [2.75, 3.05) is 6.54 Å². The van der Waals surface area contributed by atoms with Crippen LogP contribution in [0.15, 0.2) is 48.8 Å². The van der Waals surface area contributed by atoms with Gasteiger partial charge in [-0.15, -0.1) is 0 Å². The van der Waals surface area contributed by atoms with Crippen molar-refractivity contribution >= 4 is 27.8 Å². The first-order valence-corrected chi connectivity index (χ1v) is 9.83. The number of nitriles is 1.